The zero-order chi connectivity index (χ0) is 24.6. The Morgan fingerprint density at radius 1 is 1.03 bits per heavy atom. The van der Waals surface area contributed by atoms with E-state index >= 15 is 0 Å². The summed E-state index contributed by atoms with van der Waals surface area (Å²) in [6, 6.07) is 14.6. The van der Waals surface area contributed by atoms with Crippen LogP contribution in [-0.4, -0.2) is 81.0 Å². The van der Waals surface area contributed by atoms with Gasteiger partial charge in [-0.15, -0.1) is 0 Å². The van der Waals surface area contributed by atoms with Crippen molar-refractivity contribution in [1.82, 2.24) is 14.2 Å². The molecule has 8 nitrogen and oxygen atoms in total. The second kappa shape index (κ2) is 9.64. The smallest absolute Gasteiger partial charge is 0.243 e. The van der Waals surface area contributed by atoms with Crippen LogP contribution < -0.4 is 4.90 Å². The van der Waals surface area contributed by atoms with Crippen LogP contribution in [0.15, 0.2) is 53.4 Å². The van der Waals surface area contributed by atoms with Crippen LogP contribution >= 0.6 is 0 Å². The molecular formula is C26H32N4O4S. The van der Waals surface area contributed by atoms with Crippen LogP contribution in [0.3, 0.4) is 0 Å². The number of H-pyrrole nitrogens is 1. The van der Waals surface area contributed by atoms with E-state index < -0.39 is 16.1 Å². The molecule has 0 saturated carbocycles. The number of hydrogen-bond donors (Lipinski definition) is 1. The van der Waals surface area contributed by atoms with Crippen molar-refractivity contribution in [3.63, 3.8) is 0 Å². The van der Waals surface area contributed by atoms with Gasteiger partial charge in [0.2, 0.25) is 15.9 Å². The Bertz CT molecular complexity index is 1290. The number of aromatic amines is 1. The average Bonchev–Trinajstić information content (AvgIpc) is 3.58. The summed E-state index contributed by atoms with van der Waals surface area (Å²) in [5, 5.41) is 1.07. The maximum atomic E-state index is 13.7. The predicted molar refractivity (Wildman–Crippen MR) is 137 cm³/mol. The zero-order valence-electron chi connectivity index (χ0n) is 20.2. The van der Waals surface area contributed by atoms with Crippen molar-refractivity contribution in [2.75, 3.05) is 51.3 Å². The van der Waals surface area contributed by atoms with E-state index in [0.717, 1.165) is 53.8 Å². The van der Waals surface area contributed by atoms with Crippen LogP contribution in [0.2, 0.25) is 0 Å². The summed E-state index contributed by atoms with van der Waals surface area (Å²) in [5.74, 6) is -0.205. The molecule has 2 aliphatic rings. The fourth-order valence-corrected chi connectivity index (χ4v) is 6.27. The normalized spacial score (nSPS) is 17.9. The first kappa shape index (κ1) is 23.8. The summed E-state index contributed by atoms with van der Waals surface area (Å²) in [6.45, 7) is 5.45. The molecule has 2 aromatic carbocycles. The molecule has 2 fully saturated rings. The Morgan fingerprint density at radius 2 is 1.74 bits per heavy atom. The molecule has 0 unspecified atom stereocenters. The summed E-state index contributed by atoms with van der Waals surface area (Å²) < 4.78 is 33.8. The van der Waals surface area contributed by atoms with Gasteiger partial charge in [0.25, 0.3) is 0 Å². The van der Waals surface area contributed by atoms with Crippen LogP contribution in [0.1, 0.15) is 19.8 Å². The number of rotatable bonds is 6. The third-order valence-corrected chi connectivity index (χ3v) is 9.06. The van der Waals surface area contributed by atoms with E-state index in [2.05, 4.69) is 16.0 Å². The number of fused-ring (bicyclic) bond motifs is 1. The number of likely N-dealkylation sites (N-methyl/N-ethyl adjacent to an activating group) is 1. The maximum absolute atomic E-state index is 13.7. The molecule has 9 heteroatoms. The lowest BCUT2D eigenvalue weighted by atomic mass is 10.1. The van der Waals surface area contributed by atoms with Crippen molar-refractivity contribution in [2.24, 2.45) is 0 Å². The van der Waals surface area contributed by atoms with Gasteiger partial charge in [0.15, 0.2) is 0 Å². The maximum Gasteiger partial charge on any atom is 0.243 e. The van der Waals surface area contributed by atoms with E-state index in [9.17, 15) is 13.2 Å². The SMILES string of the molecule is C[C@H](C(=O)N1CCOCC1)N(C)S(=O)(=O)c1ccc(N2CCCC2)c(-c2cc3ccccc3[nH]2)c1. The first-order valence-corrected chi connectivity index (χ1v) is 13.6. The molecule has 0 aliphatic carbocycles. The van der Waals surface area contributed by atoms with E-state index in [1.54, 1.807) is 24.0 Å². The molecule has 35 heavy (non-hydrogen) atoms. The van der Waals surface area contributed by atoms with E-state index in [1.165, 1.54) is 11.4 Å². The lowest BCUT2D eigenvalue weighted by Crippen LogP contribution is -2.50. The molecule has 1 atom stereocenters. The van der Waals surface area contributed by atoms with Gasteiger partial charge in [0.1, 0.15) is 6.04 Å². The van der Waals surface area contributed by atoms with E-state index in [1.807, 2.05) is 30.3 Å². The number of aromatic nitrogens is 1. The number of carbonyl (C=O) groups excluding carboxylic acids is 1. The second-order valence-electron chi connectivity index (χ2n) is 9.28. The van der Waals surface area contributed by atoms with Crippen LogP contribution in [0.25, 0.3) is 22.2 Å². The van der Waals surface area contributed by atoms with Gasteiger partial charge >= 0.3 is 0 Å². The van der Waals surface area contributed by atoms with Crippen molar-refractivity contribution in [3.8, 4) is 11.3 Å². The Morgan fingerprint density at radius 3 is 2.46 bits per heavy atom. The van der Waals surface area contributed by atoms with Gasteiger partial charge in [-0.2, -0.15) is 4.31 Å². The number of nitrogens with zero attached hydrogens (tertiary/aromatic N) is 3. The molecule has 5 rings (SSSR count). The third kappa shape index (κ3) is 4.55. The Labute approximate surface area is 206 Å². The number of anilines is 1. The highest BCUT2D eigenvalue weighted by Crippen LogP contribution is 2.36. The van der Waals surface area contributed by atoms with Gasteiger partial charge in [0.05, 0.1) is 18.1 Å². The largest absolute Gasteiger partial charge is 0.378 e. The summed E-state index contributed by atoms with van der Waals surface area (Å²) >= 11 is 0. The summed E-state index contributed by atoms with van der Waals surface area (Å²) in [5.41, 5.74) is 3.76. The standard InChI is InChI=1S/C26H32N4O4S/c1-19(26(31)30-13-15-34-16-14-30)28(2)35(32,33)21-9-10-25(29-11-5-6-12-29)22(18-21)24-17-20-7-3-4-8-23(20)27-24/h3-4,7-10,17-19,27H,5-6,11-16H2,1-2H3/t19-/m1/s1. The molecule has 0 bridgehead atoms. The first-order valence-electron chi connectivity index (χ1n) is 12.2. The van der Waals surface area contributed by atoms with Crippen molar-refractivity contribution in [2.45, 2.75) is 30.7 Å². The number of benzene rings is 2. The average molecular weight is 497 g/mol. The highest BCUT2D eigenvalue weighted by atomic mass is 32.2. The summed E-state index contributed by atoms with van der Waals surface area (Å²) in [7, 11) is -2.42. The van der Waals surface area contributed by atoms with Crippen LogP contribution in [-0.2, 0) is 19.6 Å². The topological polar surface area (TPSA) is 85.9 Å². The Balaban J connectivity index is 1.51. The Hall–Kier alpha value is -2.88. The van der Waals surface area contributed by atoms with Crippen molar-refractivity contribution in [3.05, 3.63) is 48.5 Å². The van der Waals surface area contributed by atoms with Crippen LogP contribution in [0.5, 0.6) is 0 Å². The minimum Gasteiger partial charge on any atom is -0.378 e. The van der Waals surface area contributed by atoms with Gasteiger partial charge in [-0.3, -0.25) is 4.79 Å². The van der Waals surface area contributed by atoms with E-state index in [-0.39, 0.29) is 10.8 Å². The van der Waals surface area contributed by atoms with Gasteiger partial charge in [-0.1, -0.05) is 18.2 Å². The molecule has 186 valence electrons. The number of morpholine rings is 1. The monoisotopic (exact) mass is 496 g/mol. The van der Waals surface area contributed by atoms with E-state index in [0.29, 0.717) is 26.3 Å². The minimum atomic E-state index is -3.90. The summed E-state index contributed by atoms with van der Waals surface area (Å²) in [6.07, 6.45) is 2.24. The van der Waals surface area contributed by atoms with Crippen molar-refractivity contribution in [1.29, 1.82) is 0 Å². The van der Waals surface area contributed by atoms with Gasteiger partial charge < -0.3 is 19.5 Å². The fraction of sp³-hybridized carbons (Fsp3) is 0.423. The number of ether oxygens (including phenoxy) is 1. The number of sulfonamides is 1. The summed E-state index contributed by atoms with van der Waals surface area (Å²) in [4.78, 5) is 20.6. The van der Waals surface area contributed by atoms with Crippen LogP contribution in [0.4, 0.5) is 5.69 Å². The van der Waals surface area contributed by atoms with Crippen molar-refractivity contribution >= 4 is 32.5 Å². The van der Waals surface area contributed by atoms with Gasteiger partial charge in [-0.05, 0) is 50.1 Å². The highest BCUT2D eigenvalue weighted by molar-refractivity contribution is 7.89. The quantitative estimate of drug-likeness (QED) is 0.566. The molecule has 3 aromatic rings. The fourth-order valence-electron chi connectivity index (χ4n) is 4.92. The molecule has 3 heterocycles. The molecule has 1 N–H and O–H groups in total. The first-order chi connectivity index (χ1) is 16.9. The molecule has 1 aromatic heterocycles. The molecule has 0 spiro atoms. The number of hydrogen-bond acceptors (Lipinski definition) is 5. The van der Waals surface area contributed by atoms with Gasteiger partial charge in [0, 0.05) is 61.1 Å². The Kier molecular flexibility index (Phi) is 6.57. The lowest BCUT2D eigenvalue weighted by molar-refractivity contribution is -0.138. The van der Waals surface area contributed by atoms with E-state index in [4.69, 9.17) is 4.74 Å². The van der Waals surface area contributed by atoms with Crippen molar-refractivity contribution < 1.29 is 17.9 Å². The highest BCUT2D eigenvalue weighted by Gasteiger charge is 2.33. The number of nitrogens with one attached hydrogen (secondary N) is 1. The number of amides is 1. The third-order valence-electron chi connectivity index (χ3n) is 7.14. The molecule has 1 amide bonds. The number of carbonyl (C=O) groups is 1. The van der Waals surface area contributed by atoms with Crippen LogP contribution in [0, 0.1) is 0 Å². The molecular weight excluding hydrogens is 464 g/mol. The lowest BCUT2D eigenvalue weighted by Gasteiger charge is -2.32. The second-order valence-corrected chi connectivity index (χ2v) is 11.3. The number of para-hydroxylation sites is 1. The molecule has 2 aliphatic heterocycles. The molecule has 2 saturated heterocycles. The molecule has 0 radical (unpaired) electrons. The predicted octanol–water partition coefficient (Wildman–Crippen LogP) is 3.30. The minimum absolute atomic E-state index is 0.179. The van der Waals surface area contributed by atoms with Gasteiger partial charge in [-0.25, -0.2) is 8.42 Å². The zero-order valence-corrected chi connectivity index (χ0v) is 21.1.